The van der Waals surface area contributed by atoms with E-state index in [4.69, 9.17) is 10.7 Å². The van der Waals surface area contributed by atoms with Crippen LogP contribution in [0.5, 0.6) is 0 Å². The molecule has 4 heteroatoms. The molecule has 1 aromatic carbocycles. The van der Waals surface area contributed by atoms with E-state index < -0.39 is 20.9 Å². The minimum absolute atomic E-state index is 0.440. The van der Waals surface area contributed by atoms with Gasteiger partial charge in [-0.25, -0.2) is 8.78 Å². The van der Waals surface area contributed by atoms with Crippen LogP contribution >= 0.6 is 19.9 Å². The van der Waals surface area contributed by atoms with Crippen LogP contribution < -0.4 is 0 Å². The Morgan fingerprint density at radius 3 is 2.15 bits per heavy atom. The van der Waals surface area contributed by atoms with Gasteiger partial charge in [-0.05, 0) is 31.1 Å². The molecule has 0 fully saturated rings. The molecular formula is C9H11ClF2S. The second-order valence-corrected chi connectivity index (χ2v) is 8.36. The molecule has 13 heavy (non-hydrogen) atoms. The molecule has 0 nitrogen and oxygen atoms in total. The van der Waals surface area contributed by atoms with Crippen LogP contribution in [0, 0.1) is 18.6 Å². The molecule has 0 spiro atoms. The van der Waals surface area contributed by atoms with Gasteiger partial charge in [0.15, 0.2) is 0 Å². The molecule has 0 saturated carbocycles. The molecule has 0 unspecified atom stereocenters. The molecule has 0 N–H and O–H groups in total. The van der Waals surface area contributed by atoms with Gasteiger partial charge >= 0.3 is 0 Å². The summed E-state index contributed by atoms with van der Waals surface area (Å²) in [6.07, 6.45) is 3.52. The van der Waals surface area contributed by atoms with E-state index in [9.17, 15) is 8.78 Å². The third kappa shape index (κ3) is 2.35. The van der Waals surface area contributed by atoms with Gasteiger partial charge in [-0.3, -0.25) is 0 Å². The largest absolute Gasteiger partial charge is 0.207 e. The van der Waals surface area contributed by atoms with Crippen LogP contribution in [-0.2, 0) is 0 Å². The summed E-state index contributed by atoms with van der Waals surface area (Å²) in [6.45, 7) is 1.67. The molecule has 0 aliphatic carbocycles. The van der Waals surface area contributed by atoms with Crippen molar-refractivity contribution in [2.24, 2.45) is 0 Å². The van der Waals surface area contributed by atoms with Gasteiger partial charge in [0.1, 0.15) is 11.6 Å². The van der Waals surface area contributed by atoms with Gasteiger partial charge in [0.2, 0.25) is 0 Å². The van der Waals surface area contributed by atoms with Crippen molar-refractivity contribution in [3.63, 3.8) is 0 Å². The Morgan fingerprint density at radius 2 is 1.77 bits per heavy atom. The van der Waals surface area contributed by atoms with Gasteiger partial charge in [-0.2, -0.15) is 0 Å². The minimum atomic E-state index is -1.65. The van der Waals surface area contributed by atoms with Crippen molar-refractivity contribution in [1.29, 1.82) is 0 Å². The molecule has 0 saturated heterocycles. The van der Waals surface area contributed by atoms with Crippen molar-refractivity contribution in [2.45, 2.75) is 11.8 Å². The maximum Gasteiger partial charge on any atom is 0.139 e. The maximum absolute atomic E-state index is 13.3. The van der Waals surface area contributed by atoms with Crippen molar-refractivity contribution >= 4 is 19.9 Å². The van der Waals surface area contributed by atoms with Crippen LogP contribution in [-0.4, -0.2) is 12.5 Å². The van der Waals surface area contributed by atoms with Crippen molar-refractivity contribution < 1.29 is 8.78 Å². The predicted molar refractivity (Wildman–Crippen MR) is 54.7 cm³/mol. The highest BCUT2D eigenvalue weighted by Gasteiger charge is 2.19. The van der Waals surface area contributed by atoms with E-state index in [0.717, 1.165) is 6.07 Å². The molecule has 1 aromatic rings. The van der Waals surface area contributed by atoms with E-state index >= 15 is 0 Å². The molecular weight excluding hydrogens is 214 g/mol. The summed E-state index contributed by atoms with van der Waals surface area (Å²) in [5, 5.41) is 0. The standard InChI is InChI=1S/C9H11ClF2S/c1-6-4-7(11)5-8(12)9(6)13(2,3)10/h4-5H,1-3H3. The second kappa shape index (κ2) is 3.46. The van der Waals surface area contributed by atoms with Crippen LogP contribution in [0.15, 0.2) is 17.0 Å². The van der Waals surface area contributed by atoms with Crippen molar-refractivity contribution in [3.8, 4) is 0 Å². The molecule has 74 valence electrons. The lowest BCUT2D eigenvalue weighted by Crippen LogP contribution is -1.97. The first-order valence-corrected chi connectivity index (χ1v) is 6.98. The zero-order chi connectivity index (χ0) is 10.2. The van der Waals surface area contributed by atoms with Crippen LogP contribution in [0.3, 0.4) is 0 Å². The lowest BCUT2D eigenvalue weighted by Gasteiger charge is -2.24. The SMILES string of the molecule is Cc1cc(F)cc(F)c1S(C)(C)Cl. The minimum Gasteiger partial charge on any atom is -0.207 e. The normalized spacial score (nSPS) is 13.1. The summed E-state index contributed by atoms with van der Waals surface area (Å²) in [6, 6.07) is 2.18. The summed E-state index contributed by atoms with van der Waals surface area (Å²) >= 11 is 0. The average molecular weight is 225 g/mol. The van der Waals surface area contributed by atoms with Crippen LogP contribution in [0.4, 0.5) is 8.78 Å². The molecule has 0 amide bonds. The highest BCUT2D eigenvalue weighted by molar-refractivity contribution is 8.50. The monoisotopic (exact) mass is 224 g/mol. The molecule has 0 aliphatic rings. The first kappa shape index (κ1) is 10.8. The fourth-order valence-electron chi connectivity index (χ4n) is 1.30. The predicted octanol–water partition coefficient (Wildman–Crippen LogP) is 3.85. The Kier molecular flexibility index (Phi) is 2.88. The van der Waals surface area contributed by atoms with Crippen LogP contribution in [0.25, 0.3) is 0 Å². The van der Waals surface area contributed by atoms with E-state index in [1.54, 1.807) is 19.4 Å². The topological polar surface area (TPSA) is 0 Å². The van der Waals surface area contributed by atoms with E-state index in [2.05, 4.69) is 0 Å². The fraction of sp³-hybridized carbons (Fsp3) is 0.333. The van der Waals surface area contributed by atoms with E-state index in [1.807, 2.05) is 0 Å². The van der Waals surface area contributed by atoms with E-state index in [0.29, 0.717) is 10.5 Å². The second-order valence-electron chi connectivity index (χ2n) is 3.24. The third-order valence-electron chi connectivity index (χ3n) is 1.68. The van der Waals surface area contributed by atoms with Gasteiger partial charge in [-0.1, -0.05) is 10.7 Å². The summed E-state index contributed by atoms with van der Waals surface area (Å²) in [5.41, 5.74) is 0.576. The number of hydrogen-bond donors (Lipinski definition) is 0. The Balaban J connectivity index is 3.38. The summed E-state index contributed by atoms with van der Waals surface area (Å²) in [5.74, 6) is -1.11. The number of hydrogen-bond acceptors (Lipinski definition) is 0. The van der Waals surface area contributed by atoms with Gasteiger partial charge in [0.25, 0.3) is 0 Å². The first-order chi connectivity index (χ1) is 5.82. The highest BCUT2D eigenvalue weighted by atomic mass is 35.7. The molecule has 0 radical (unpaired) electrons. The van der Waals surface area contributed by atoms with Crippen LogP contribution in [0.1, 0.15) is 5.56 Å². The van der Waals surface area contributed by atoms with E-state index in [1.165, 1.54) is 6.07 Å². The summed E-state index contributed by atoms with van der Waals surface area (Å²) in [4.78, 5) is 0.440. The Bertz CT molecular complexity index is 308. The molecule has 0 aliphatic heterocycles. The lowest BCUT2D eigenvalue weighted by molar-refractivity contribution is 0.562. The summed E-state index contributed by atoms with van der Waals surface area (Å²) < 4.78 is 26.0. The Morgan fingerprint density at radius 1 is 1.23 bits per heavy atom. The third-order valence-corrected chi connectivity index (χ3v) is 3.63. The fourth-order valence-corrected chi connectivity index (χ4v) is 3.24. The Labute approximate surface area is 82.7 Å². The Hall–Kier alpha value is -0.280. The van der Waals surface area contributed by atoms with Gasteiger partial charge in [0, 0.05) is 11.0 Å². The zero-order valence-corrected chi connectivity index (χ0v) is 9.27. The molecule has 0 atom stereocenters. The number of benzene rings is 1. The van der Waals surface area contributed by atoms with Gasteiger partial charge in [0.05, 0.1) is 0 Å². The van der Waals surface area contributed by atoms with Crippen molar-refractivity contribution in [2.75, 3.05) is 12.5 Å². The van der Waals surface area contributed by atoms with Crippen molar-refractivity contribution in [3.05, 3.63) is 29.3 Å². The van der Waals surface area contributed by atoms with E-state index in [-0.39, 0.29) is 0 Å². The first-order valence-electron chi connectivity index (χ1n) is 3.71. The van der Waals surface area contributed by atoms with Crippen LogP contribution in [0.2, 0.25) is 0 Å². The average Bonchev–Trinajstić information content (AvgIpc) is 1.78. The number of aryl methyl sites for hydroxylation is 1. The lowest BCUT2D eigenvalue weighted by atomic mass is 10.2. The summed E-state index contributed by atoms with van der Waals surface area (Å²) in [7, 11) is 4.39. The molecule has 1 rings (SSSR count). The maximum atomic E-state index is 13.3. The number of rotatable bonds is 1. The molecule has 0 heterocycles. The highest BCUT2D eigenvalue weighted by Crippen LogP contribution is 2.56. The van der Waals surface area contributed by atoms with Gasteiger partial charge in [-0.15, -0.1) is 9.24 Å². The zero-order valence-electron chi connectivity index (χ0n) is 7.70. The van der Waals surface area contributed by atoms with Gasteiger partial charge < -0.3 is 0 Å². The quantitative estimate of drug-likeness (QED) is 0.680. The molecule has 0 aromatic heterocycles. The molecule has 0 bridgehead atoms. The number of halogens is 3. The smallest absolute Gasteiger partial charge is 0.139 e. The van der Waals surface area contributed by atoms with Crippen molar-refractivity contribution in [1.82, 2.24) is 0 Å².